The van der Waals surface area contributed by atoms with Crippen molar-refractivity contribution in [1.29, 1.82) is 0 Å². The lowest BCUT2D eigenvalue weighted by Crippen LogP contribution is -2.28. The van der Waals surface area contributed by atoms with Crippen LogP contribution < -0.4 is 0 Å². The van der Waals surface area contributed by atoms with Gasteiger partial charge in [0.25, 0.3) is 0 Å². The summed E-state index contributed by atoms with van der Waals surface area (Å²) in [6.45, 7) is 4.23. The van der Waals surface area contributed by atoms with Gasteiger partial charge in [0.15, 0.2) is 5.90 Å². The fraction of sp³-hybridized carbons (Fsp3) is 0.833. The molecule has 1 aliphatic heterocycles. The Morgan fingerprint density at radius 1 is 1.89 bits per heavy atom. The van der Waals surface area contributed by atoms with Crippen LogP contribution in [0.2, 0.25) is 0 Å². The lowest BCUT2D eigenvalue weighted by molar-refractivity contribution is 0.169. The van der Waals surface area contributed by atoms with Gasteiger partial charge in [-0.3, -0.25) is 0 Å². The molecule has 0 amide bonds. The standard InChI is InChI=1S/C6H11NO2/c1-5-7-6(2,3-8)4-9-5/h8H,3-4H2,1-2H3/t6-/m0/s1. The summed E-state index contributed by atoms with van der Waals surface area (Å²) in [6, 6.07) is 0. The molecule has 1 heterocycles. The van der Waals surface area contributed by atoms with Crippen molar-refractivity contribution in [3.8, 4) is 0 Å². The molecule has 0 aromatic carbocycles. The molecule has 1 N–H and O–H groups in total. The number of hydrogen-bond donors (Lipinski definition) is 1. The number of aliphatic hydroxyl groups is 1. The molecule has 3 heteroatoms. The van der Waals surface area contributed by atoms with Crippen LogP contribution >= 0.6 is 0 Å². The Morgan fingerprint density at radius 2 is 2.56 bits per heavy atom. The molecule has 0 radical (unpaired) electrons. The molecular weight excluding hydrogens is 118 g/mol. The Bertz CT molecular complexity index is 144. The first kappa shape index (κ1) is 6.55. The first-order valence-corrected chi connectivity index (χ1v) is 2.96. The SMILES string of the molecule is CC1=N[C@@](C)(CO)CO1. The highest BCUT2D eigenvalue weighted by atomic mass is 16.5. The maximum absolute atomic E-state index is 8.76. The van der Waals surface area contributed by atoms with Crippen LogP contribution in [0.5, 0.6) is 0 Å². The molecule has 0 saturated carbocycles. The van der Waals surface area contributed by atoms with Gasteiger partial charge in [-0.05, 0) is 6.92 Å². The van der Waals surface area contributed by atoms with Gasteiger partial charge >= 0.3 is 0 Å². The molecule has 0 bridgehead atoms. The van der Waals surface area contributed by atoms with Crippen molar-refractivity contribution in [3.05, 3.63) is 0 Å². The molecule has 52 valence electrons. The van der Waals surface area contributed by atoms with E-state index in [1.54, 1.807) is 6.92 Å². The van der Waals surface area contributed by atoms with Gasteiger partial charge in [0.05, 0.1) is 6.61 Å². The summed E-state index contributed by atoms with van der Waals surface area (Å²) in [7, 11) is 0. The quantitative estimate of drug-likeness (QED) is 0.549. The third kappa shape index (κ3) is 1.21. The van der Waals surface area contributed by atoms with E-state index < -0.39 is 0 Å². The average molecular weight is 129 g/mol. The third-order valence-corrected chi connectivity index (χ3v) is 1.36. The zero-order valence-corrected chi connectivity index (χ0v) is 5.72. The largest absolute Gasteiger partial charge is 0.479 e. The van der Waals surface area contributed by atoms with E-state index in [0.29, 0.717) is 12.5 Å². The van der Waals surface area contributed by atoms with Gasteiger partial charge in [-0.25, -0.2) is 4.99 Å². The second-order valence-corrected chi connectivity index (χ2v) is 2.57. The summed E-state index contributed by atoms with van der Waals surface area (Å²) >= 11 is 0. The normalized spacial score (nSPS) is 33.9. The van der Waals surface area contributed by atoms with Gasteiger partial charge in [0.1, 0.15) is 12.1 Å². The number of aliphatic imine (C=N–C) groups is 1. The highest BCUT2D eigenvalue weighted by Gasteiger charge is 2.28. The Morgan fingerprint density at radius 3 is 2.78 bits per heavy atom. The molecule has 0 aliphatic carbocycles. The molecule has 9 heavy (non-hydrogen) atoms. The summed E-state index contributed by atoms with van der Waals surface area (Å²) in [5.74, 6) is 0.673. The topological polar surface area (TPSA) is 41.8 Å². The minimum Gasteiger partial charge on any atom is -0.479 e. The molecule has 1 aliphatic rings. The predicted octanol–water partition coefficient (Wildman–Crippen LogP) is 0.186. The molecule has 0 fully saturated rings. The number of nitrogens with zero attached hydrogens (tertiary/aromatic N) is 1. The van der Waals surface area contributed by atoms with E-state index in [1.807, 2.05) is 6.92 Å². The molecule has 1 rings (SSSR count). The number of aliphatic hydroxyl groups excluding tert-OH is 1. The minimum atomic E-state index is -0.371. The van der Waals surface area contributed by atoms with Crippen LogP contribution in [-0.2, 0) is 4.74 Å². The van der Waals surface area contributed by atoms with Crippen LogP contribution in [0, 0.1) is 0 Å². The molecule has 0 saturated heterocycles. The highest BCUT2D eigenvalue weighted by Crippen LogP contribution is 2.16. The minimum absolute atomic E-state index is 0.0599. The highest BCUT2D eigenvalue weighted by molar-refractivity contribution is 5.75. The maximum Gasteiger partial charge on any atom is 0.180 e. The van der Waals surface area contributed by atoms with Gasteiger partial charge in [-0.15, -0.1) is 0 Å². The van der Waals surface area contributed by atoms with Crippen LogP contribution in [0.25, 0.3) is 0 Å². The summed E-state index contributed by atoms with van der Waals surface area (Å²) < 4.78 is 5.05. The van der Waals surface area contributed by atoms with Crippen molar-refractivity contribution in [2.45, 2.75) is 19.4 Å². The number of hydrogen-bond acceptors (Lipinski definition) is 3. The zero-order chi connectivity index (χ0) is 6.91. The molecule has 0 aromatic heterocycles. The van der Waals surface area contributed by atoms with Crippen molar-refractivity contribution in [2.24, 2.45) is 4.99 Å². The third-order valence-electron chi connectivity index (χ3n) is 1.36. The fourth-order valence-electron chi connectivity index (χ4n) is 0.786. The van der Waals surface area contributed by atoms with E-state index in [0.717, 1.165) is 0 Å². The van der Waals surface area contributed by atoms with Crippen molar-refractivity contribution in [3.63, 3.8) is 0 Å². The van der Waals surface area contributed by atoms with Gasteiger partial charge in [-0.2, -0.15) is 0 Å². The smallest absolute Gasteiger partial charge is 0.180 e. The molecule has 1 atom stereocenters. The Labute approximate surface area is 54.4 Å². The summed E-state index contributed by atoms with van der Waals surface area (Å²) in [6.07, 6.45) is 0. The fourth-order valence-corrected chi connectivity index (χ4v) is 0.786. The summed E-state index contributed by atoms with van der Waals surface area (Å²) in [5.41, 5.74) is -0.371. The van der Waals surface area contributed by atoms with Gasteiger partial charge < -0.3 is 9.84 Å². The first-order chi connectivity index (χ1) is 4.16. The maximum atomic E-state index is 8.76. The lowest BCUT2D eigenvalue weighted by Gasteiger charge is -2.12. The second kappa shape index (κ2) is 1.99. The summed E-state index contributed by atoms with van der Waals surface area (Å²) in [5, 5.41) is 8.76. The van der Waals surface area contributed by atoms with Crippen molar-refractivity contribution >= 4 is 5.90 Å². The predicted molar refractivity (Wildman–Crippen MR) is 34.6 cm³/mol. The molecule has 0 aromatic rings. The van der Waals surface area contributed by atoms with Crippen molar-refractivity contribution in [1.82, 2.24) is 0 Å². The van der Waals surface area contributed by atoms with Crippen molar-refractivity contribution in [2.75, 3.05) is 13.2 Å². The average Bonchev–Trinajstić information content (AvgIpc) is 2.13. The molecule has 3 nitrogen and oxygen atoms in total. The first-order valence-electron chi connectivity index (χ1n) is 2.96. The number of ether oxygens (including phenoxy) is 1. The van der Waals surface area contributed by atoms with E-state index in [9.17, 15) is 0 Å². The van der Waals surface area contributed by atoms with E-state index in [1.165, 1.54) is 0 Å². The summed E-state index contributed by atoms with van der Waals surface area (Å²) in [4.78, 5) is 4.08. The van der Waals surface area contributed by atoms with Gasteiger partial charge in [0.2, 0.25) is 0 Å². The van der Waals surface area contributed by atoms with Crippen LogP contribution in [0.1, 0.15) is 13.8 Å². The monoisotopic (exact) mass is 129 g/mol. The molecular formula is C6H11NO2. The van der Waals surface area contributed by atoms with Crippen LogP contribution in [0.15, 0.2) is 4.99 Å². The lowest BCUT2D eigenvalue weighted by atomic mass is 10.1. The van der Waals surface area contributed by atoms with Crippen LogP contribution in [0.3, 0.4) is 0 Å². The number of rotatable bonds is 1. The van der Waals surface area contributed by atoms with Gasteiger partial charge in [0, 0.05) is 6.92 Å². The Balaban J connectivity index is 2.64. The second-order valence-electron chi connectivity index (χ2n) is 2.57. The Kier molecular flexibility index (Phi) is 1.45. The van der Waals surface area contributed by atoms with E-state index >= 15 is 0 Å². The molecule has 0 spiro atoms. The van der Waals surface area contributed by atoms with E-state index in [2.05, 4.69) is 4.99 Å². The van der Waals surface area contributed by atoms with E-state index in [-0.39, 0.29) is 12.1 Å². The molecule has 0 unspecified atom stereocenters. The van der Waals surface area contributed by atoms with Crippen LogP contribution in [-0.4, -0.2) is 29.8 Å². The Hall–Kier alpha value is -0.570. The van der Waals surface area contributed by atoms with Gasteiger partial charge in [-0.1, -0.05) is 0 Å². The van der Waals surface area contributed by atoms with Crippen LogP contribution in [0.4, 0.5) is 0 Å². The van der Waals surface area contributed by atoms with E-state index in [4.69, 9.17) is 9.84 Å². The van der Waals surface area contributed by atoms with Crippen molar-refractivity contribution < 1.29 is 9.84 Å². The zero-order valence-electron chi connectivity index (χ0n) is 5.72.